The number of carbonyl (C=O) groups is 1. The number of aromatic amines is 1. The van der Waals surface area contributed by atoms with Crippen LogP contribution in [0, 0.1) is 23.2 Å². The van der Waals surface area contributed by atoms with Crippen LogP contribution in [0.1, 0.15) is 63.0 Å². The van der Waals surface area contributed by atoms with Gasteiger partial charge in [-0.1, -0.05) is 12.8 Å². The quantitative estimate of drug-likeness (QED) is 0.285. The lowest BCUT2D eigenvalue weighted by Crippen LogP contribution is -2.37. The molecule has 2 fully saturated rings. The van der Waals surface area contributed by atoms with E-state index in [2.05, 4.69) is 16.4 Å². The monoisotopic (exact) mass is 552 g/mol. The second-order valence-electron chi connectivity index (χ2n) is 10.8. The Morgan fingerprint density at radius 2 is 1.90 bits per heavy atom. The number of carboxylic acid groups (broad SMARTS) is 1. The molecule has 11 nitrogen and oxygen atoms in total. The summed E-state index contributed by atoms with van der Waals surface area (Å²) in [5, 5.41) is 27.5. The third-order valence-corrected chi connectivity index (χ3v) is 10.6. The predicted octanol–water partition coefficient (Wildman–Crippen LogP) is 5.21. The fraction of sp³-hybridized carbons (Fsp3) is 0.481. The predicted molar refractivity (Wildman–Crippen MR) is 147 cm³/mol. The molecule has 6 rings (SSSR count). The topological polar surface area (TPSA) is 168 Å². The van der Waals surface area contributed by atoms with Crippen molar-refractivity contribution in [1.29, 1.82) is 5.26 Å². The maximum Gasteiger partial charge on any atom is 0.306 e. The molecule has 2 aliphatic carbocycles. The molecule has 2 atom stereocenters. The number of hydrogen-bond acceptors (Lipinski definition) is 8. The van der Waals surface area contributed by atoms with E-state index < -0.39 is 16.7 Å². The fourth-order valence-electron chi connectivity index (χ4n) is 6.51. The van der Waals surface area contributed by atoms with E-state index in [0.717, 1.165) is 31.2 Å². The lowest BCUT2D eigenvalue weighted by Gasteiger charge is -2.44. The molecule has 2 aromatic heterocycles. The van der Waals surface area contributed by atoms with Gasteiger partial charge in [-0.25, -0.2) is 0 Å². The summed E-state index contributed by atoms with van der Waals surface area (Å²) in [5.41, 5.74) is 1.83. The fourth-order valence-corrected chi connectivity index (χ4v) is 8.44. The summed E-state index contributed by atoms with van der Waals surface area (Å²) >= 11 is 0. The van der Waals surface area contributed by atoms with E-state index in [1.54, 1.807) is 22.6 Å². The minimum Gasteiger partial charge on any atom is -0.481 e. The van der Waals surface area contributed by atoms with Crippen molar-refractivity contribution in [3.63, 3.8) is 0 Å². The summed E-state index contributed by atoms with van der Waals surface area (Å²) in [5.74, 6) is -0.946. The van der Waals surface area contributed by atoms with E-state index in [-0.39, 0.29) is 29.5 Å². The van der Waals surface area contributed by atoms with Crippen molar-refractivity contribution < 1.29 is 19.0 Å². The Morgan fingerprint density at radius 3 is 2.64 bits per heavy atom. The van der Waals surface area contributed by atoms with Crippen LogP contribution in [-0.2, 0) is 11.3 Å². The second kappa shape index (κ2) is 9.98. The van der Waals surface area contributed by atoms with Crippen molar-refractivity contribution in [3.05, 3.63) is 46.4 Å². The number of H-pyrrole nitrogens is 1. The van der Waals surface area contributed by atoms with E-state index in [4.69, 9.17) is 5.10 Å². The van der Waals surface area contributed by atoms with Crippen LogP contribution in [0.2, 0.25) is 0 Å². The summed E-state index contributed by atoms with van der Waals surface area (Å²) in [4.78, 5) is 27.4. The maximum atomic E-state index is 12.9. The molecular formula is C27H32N6O5S. The van der Waals surface area contributed by atoms with Crippen LogP contribution in [0.5, 0.6) is 0 Å². The molecule has 0 bridgehead atoms. The minimum atomic E-state index is -3.18. The van der Waals surface area contributed by atoms with Gasteiger partial charge in [-0.15, -0.1) is 10.8 Å². The average Bonchev–Trinajstić information content (AvgIpc) is 3.43. The van der Waals surface area contributed by atoms with Crippen LogP contribution >= 0.6 is 10.8 Å². The number of benzene rings is 1. The first-order valence-corrected chi connectivity index (χ1v) is 15.0. The molecule has 2 saturated carbocycles. The zero-order valence-corrected chi connectivity index (χ0v) is 22.2. The number of rotatable bonds is 5. The van der Waals surface area contributed by atoms with Gasteiger partial charge in [0.25, 0.3) is 5.56 Å². The molecule has 206 valence electrons. The molecule has 3 heterocycles. The molecule has 0 radical (unpaired) electrons. The van der Waals surface area contributed by atoms with E-state index in [9.17, 15) is 29.1 Å². The van der Waals surface area contributed by atoms with Crippen molar-refractivity contribution in [3.8, 4) is 6.07 Å². The Morgan fingerprint density at radius 1 is 1.13 bits per heavy atom. The van der Waals surface area contributed by atoms with E-state index in [0.29, 0.717) is 59.5 Å². The van der Waals surface area contributed by atoms with Crippen molar-refractivity contribution >= 4 is 39.2 Å². The third-order valence-electron chi connectivity index (χ3n) is 8.56. The molecule has 1 aromatic carbocycles. The number of anilines is 2. The normalized spacial score (nSPS) is 27.5. The summed E-state index contributed by atoms with van der Waals surface area (Å²) in [6.07, 6.45) is 7.47. The van der Waals surface area contributed by atoms with Gasteiger partial charge in [-0.2, -0.15) is 14.7 Å². The van der Waals surface area contributed by atoms with Crippen LogP contribution in [-0.4, -0.2) is 45.3 Å². The third kappa shape index (κ3) is 4.49. The summed E-state index contributed by atoms with van der Waals surface area (Å²) in [6, 6.07) is 9.32. The smallest absolute Gasteiger partial charge is 0.306 e. The number of nitriles is 1. The van der Waals surface area contributed by atoms with Crippen molar-refractivity contribution in [2.45, 2.75) is 74.9 Å². The van der Waals surface area contributed by atoms with Crippen LogP contribution < -0.4 is 10.9 Å². The Bertz CT molecular complexity index is 1520. The highest BCUT2D eigenvalue weighted by molar-refractivity contribution is 8.22. The van der Waals surface area contributed by atoms with E-state index in [1.165, 1.54) is 0 Å². The van der Waals surface area contributed by atoms with Gasteiger partial charge < -0.3 is 15.4 Å². The average molecular weight is 553 g/mol. The SMILES string of the molecule is N#C[C@H]1CCCC[C@@H]1n1nc(Nc2ccc3c(c2)CN(C2CCC(C(=O)O)CC2)S3(O)O)c2c(=O)[nH]ccc21. The highest BCUT2D eigenvalue weighted by Crippen LogP contribution is 2.61. The Kier molecular flexibility index (Phi) is 6.63. The minimum absolute atomic E-state index is 0.101. The Balaban J connectivity index is 1.29. The largest absolute Gasteiger partial charge is 0.481 e. The molecule has 5 N–H and O–H groups in total. The van der Waals surface area contributed by atoms with Gasteiger partial charge in [-0.05, 0) is 68.4 Å². The first kappa shape index (κ1) is 25.9. The molecule has 0 amide bonds. The molecule has 12 heteroatoms. The van der Waals surface area contributed by atoms with E-state index >= 15 is 0 Å². The molecule has 0 unspecified atom stereocenters. The molecule has 3 aromatic rings. The molecule has 3 aliphatic rings. The summed E-state index contributed by atoms with van der Waals surface area (Å²) in [7, 11) is -3.18. The van der Waals surface area contributed by atoms with E-state index in [1.807, 2.05) is 16.8 Å². The second-order valence-corrected chi connectivity index (χ2v) is 12.8. The highest BCUT2D eigenvalue weighted by Gasteiger charge is 2.41. The number of fused-ring (bicyclic) bond motifs is 2. The Labute approximate surface area is 226 Å². The number of aromatic nitrogens is 3. The molecule has 0 saturated heterocycles. The summed E-state index contributed by atoms with van der Waals surface area (Å²) in [6.45, 7) is 0.345. The Hall–Kier alpha value is -3.37. The molecule has 39 heavy (non-hydrogen) atoms. The zero-order chi connectivity index (χ0) is 27.3. The summed E-state index contributed by atoms with van der Waals surface area (Å²) < 4.78 is 25.8. The highest BCUT2D eigenvalue weighted by atomic mass is 32.3. The molecule has 1 aliphatic heterocycles. The van der Waals surface area contributed by atoms with Gasteiger partial charge in [0.15, 0.2) is 5.82 Å². The first-order chi connectivity index (χ1) is 18.8. The van der Waals surface area contributed by atoms with Gasteiger partial charge in [0.1, 0.15) is 5.39 Å². The van der Waals surface area contributed by atoms with Gasteiger partial charge in [0.05, 0.1) is 34.4 Å². The van der Waals surface area contributed by atoms with Gasteiger partial charge >= 0.3 is 5.97 Å². The standard InChI is InChI=1S/C27H32N6O5S/c28-14-17-3-1-2-4-21(17)33-22-11-12-29-26(34)24(22)25(31-33)30-19-7-10-23-18(13-19)15-32(39(23,37)38)20-8-5-16(6-9-20)27(35)36/h7,10-13,16-17,20-21,37-38H,1-6,8-9,15H2,(H,29,34)(H,30,31)(H,35,36)/t16?,17-,20?,21+/m1/s1. The number of aliphatic carboxylic acids is 1. The lowest BCUT2D eigenvalue weighted by molar-refractivity contribution is -0.143. The van der Waals surface area contributed by atoms with Crippen molar-refractivity contribution in [2.75, 3.05) is 5.32 Å². The number of nitrogens with zero attached hydrogens (tertiary/aromatic N) is 4. The number of pyridine rings is 1. The zero-order valence-electron chi connectivity index (χ0n) is 21.4. The number of nitrogens with one attached hydrogen (secondary N) is 2. The molecule has 0 spiro atoms. The number of carboxylic acids is 1. The van der Waals surface area contributed by atoms with Gasteiger partial charge in [0, 0.05) is 24.5 Å². The first-order valence-electron chi connectivity index (χ1n) is 13.4. The van der Waals surface area contributed by atoms with Crippen LogP contribution in [0.15, 0.2) is 40.2 Å². The van der Waals surface area contributed by atoms with Crippen LogP contribution in [0.4, 0.5) is 11.5 Å². The maximum absolute atomic E-state index is 12.9. The van der Waals surface area contributed by atoms with Gasteiger partial charge in [-0.3, -0.25) is 23.4 Å². The van der Waals surface area contributed by atoms with Crippen molar-refractivity contribution in [1.82, 2.24) is 19.1 Å². The van der Waals surface area contributed by atoms with Crippen LogP contribution in [0.3, 0.4) is 0 Å². The van der Waals surface area contributed by atoms with Crippen LogP contribution in [0.25, 0.3) is 10.9 Å². The van der Waals surface area contributed by atoms with Crippen molar-refractivity contribution in [2.24, 2.45) is 11.8 Å². The molecular weight excluding hydrogens is 520 g/mol. The van der Waals surface area contributed by atoms with Gasteiger partial charge in [0.2, 0.25) is 0 Å². The lowest BCUT2D eigenvalue weighted by atomic mass is 9.85. The number of hydrogen-bond donors (Lipinski definition) is 5.